The van der Waals surface area contributed by atoms with Gasteiger partial charge in [-0.05, 0) is 49.1 Å². The average Bonchev–Trinajstić information content (AvgIpc) is 2.78. The van der Waals surface area contributed by atoms with Gasteiger partial charge in [0.1, 0.15) is 11.5 Å². The fourth-order valence-corrected chi connectivity index (χ4v) is 3.70. The Morgan fingerprint density at radius 3 is 2.43 bits per heavy atom. The van der Waals surface area contributed by atoms with Crippen LogP contribution in [0.1, 0.15) is 55.8 Å². The van der Waals surface area contributed by atoms with Crippen molar-refractivity contribution in [1.82, 2.24) is 0 Å². The second kappa shape index (κ2) is 10.7. The summed E-state index contributed by atoms with van der Waals surface area (Å²) in [6.07, 6.45) is 6.54. The van der Waals surface area contributed by atoms with Crippen LogP contribution < -0.4 is 20.1 Å². The molecule has 30 heavy (non-hydrogen) atoms. The van der Waals surface area contributed by atoms with Gasteiger partial charge in [0.25, 0.3) is 0 Å². The van der Waals surface area contributed by atoms with Crippen LogP contribution >= 0.6 is 0 Å². The Morgan fingerprint density at radius 1 is 1.00 bits per heavy atom. The molecule has 0 aliphatic heterocycles. The van der Waals surface area contributed by atoms with Gasteiger partial charge in [-0.25, -0.2) is 4.79 Å². The molecule has 0 aromatic heterocycles. The van der Waals surface area contributed by atoms with Gasteiger partial charge in [-0.15, -0.1) is 0 Å². The summed E-state index contributed by atoms with van der Waals surface area (Å²) >= 11 is 0. The quantitative estimate of drug-likeness (QED) is 0.532. The van der Waals surface area contributed by atoms with Gasteiger partial charge in [-0.3, -0.25) is 4.79 Å². The molecule has 1 aliphatic carbocycles. The number of hydrogen-bond acceptors (Lipinski definition) is 4. The lowest BCUT2D eigenvalue weighted by Crippen LogP contribution is -2.20. The Labute approximate surface area is 178 Å². The molecule has 0 bridgehead atoms. The third-order valence-corrected chi connectivity index (χ3v) is 5.39. The maximum atomic E-state index is 12.5. The summed E-state index contributed by atoms with van der Waals surface area (Å²) in [5.74, 6) is 1.79. The number of rotatable bonds is 8. The van der Waals surface area contributed by atoms with Crippen molar-refractivity contribution in [2.45, 2.75) is 45.4 Å². The van der Waals surface area contributed by atoms with E-state index >= 15 is 0 Å². The van der Waals surface area contributed by atoms with Crippen molar-refractivity contribution in [3.05, 3.63) is 48.0 Å². The van der Waals surface area contributed by atoms with E-state index in [1.54, 1.807) is 49.6 Å². The van der Waals surface area contributed by atoms with Gasteiger partial charge in [0, 0.05) is 23.9 Å². The molecule has 1 fully saturated rings. The molecule has 0 unspecified atom stereocenters. The number of methoxy groups -OCH3 is 1. The standard InChI is InChI=1S/C24H30N2O4/c1-3-22(27)21-15-19(12-13-23(21)30-16-17-8-5-4-6-9-17)26-24(28)25-18-10-7-11-20(14-18)29-2/h7,10-15,17H,3-6,8-9,16H2,1-2H3,(H2,25,26,28). The van der Waals surface area contributed by atoms with Crippen molar-refractivity contribution < 1.29 is 19.1 Å². The lowest BCUT2D eigenvalue weighted by molar-refractivity contribution is 0.0982. The van der Waals surface area contributed by atoms with Crippen LogP contribution in [0.5, 0.6) is 11.5 Å². The second-order valence-electron chi connectivity index (χ2n) is 7.61. The van der Waals surface area contributed by atoms with Crippen molar-refractivity contribution in [2.75, 3.05) is 24.4 Å². The van der Waals surface area contributed by atoms with Crippen LogP contribution in [0.4, 0.5) is 16.2 Å². The van der Waals surface area contributed by atoms with Crippen LogP contribution in [0.2, 0.25) is 0 Å². The number of carbonyl (C=O) groups is 2. The normalized spacial score (nSPS) is 14.1. The summed E-state index contributed by atoms with van der Waals surface area (Å²) in [5.41, 5.74) is 1.66. The number of nitrogens with one attached hydrogen (secondary N) is 2. The summed E-state index contributed by atoms with van der Waals surface area (Å²) in [6, 6.07) is 11.9. The Bertz CT molecular complexity index is 875. The van der Waals surface area contributed by atoms with E-state index in [2.05, 4.69) is 10.6 Å². The number of urea groups is 1. The van der Waals surface area contributed by atoms with Gasteiger partial charge in [-0.2, -0.15) is 0 Å². The van der Waals surface area contributed by atoms with Crippen LogP contribution in [0, 0.1) is 5.92 Å². The number of anilines is 2. The van der Waals surface area contributed by atoms with Crippen molar-refractivity contribution >= 4 is 23.2 Å². The van der Waals surface area contributed by atoms with E-state index in [0.29, 0.717) is 47.4 Å². The highest BCUT2D eigenvalue weighted by Crippen LogP contribution is 2.28. The molecule has 6 heteroatoms. The van der Waals surface area contributed by atoms with Crippen molar-refractivity contribution in [3.63, 3.8) is 0 Å². The maximum absolute atomic E-state index is 12.5. The molecule has 2 aromatic carbocycles. The van der Waals surface area contributed by atoms with E-state index in [4.69, 9.17) is 9.47 Å². The van der Waals surface area contributed by atoms with Crippen LogP contribution in [0.25, 0.3) is 0 Å². The number of ketones is 1. The predicted molar refractivity (Wildman–Crippen MR) is 119 cm³/mol. The molecular weight excluding hydrogens is 380 g/mol. The van der Waals surface area contributed by atoms with Gasteiger partial charge in [0.2, 0.25) is 0 Å². The Kier molecular flexibility index (Phi) is 7.71. The lowest BCUT2D eigenvalue weighted by Gasteiger charge is -2.22. The van der Waals surface area contributed by atoms with Crippen molar-refractivity contribution in [3.8, 4) is 11.5 Å². The van der Waals surface area contributed by atoms with E-state index in [0.717, 1.165) is 0 Å². The van der Waals surface area contributed by atoms with Gasteiger partial charge >= 0.3 is 6.03 Å². The average molecular weight is 411 g/mol. The summed E-state index contributed by atoms with van der Waals surface area (Å²) < 4.78 is 11.2. The smallest absolute Gasteiger partial charge is 0.323 e. The first-order valence-corrected chi connectivity index (χ1v) is 10.6. The number of ether oxygens (including phenoxy) is 2. The lowest BCUT2D eigenvalue weighted by atomic mass is 9.90. The summed E-state index contributed by atoms with van der Waals surface area (Å²) in [7, 11) is 1.57. The van der Waals surface area contributed by atoms with E-state index in [9.17, 15) is 9.59 Å². The first-order valence-electron chi connectivity index (χ1n) is 10.6. The fourth-order valence-electron chi connectivity index (χ4n) is 3.70. The molecule has 0 heterocycles. The topological polar surface area (TPSA) is 76.7 Å². The minimum atomic E-state index is -0.394. The van der Waals surface area contributed by atoms with Crippen LogP contribution in [-0.2, 0) is 0 Å². The minimum absolute atomic E-state index is 0.00880. The molecule has 0 spiro atoms. The summed E-state index contributed by atoms with van der Waals surface area (Å²) in [6.45, 7) is 2.45. The van der Waals surface area contributed by atoms with Crippen molar-refractivity contribution in [2.24, 2.45) is 5.92 Å². The zero-order chi connectivity index (χ0) is 21.3. The SMILES string of the molecule is CCC(=O)c1cc(NC(=O)Nc2cccc(OC)c2)ccc1OCC1CCCCC1. The first kappa shape index (κ1) is 21.7. The molecule has 6 nitrogen and oxygen atoms in total. The van der Waals surface area contributed by atoms with E-state index in [-0.39, 0.29) is 5.78 Å². The minimum Gasteiger partial charge on any atom is -0.497 e. The second-order valence-corrected chi connectivity index (χ2v) is 7.61. The van der Waals surface area contributed by atoms with Gasteiger partial charge < -0.3 is 20.1 Å². The summed E-state index contributed by atoms with van der Waals surface area (Å²) in [5, 5.41) is 5.55. The molecule has 0 radical (unpaired) electrons. The number of Topliss-reactive ketones (excluding diaryl/α,β-unsaturated/α-hetero) is 1. The van der Waals surface area contributed by atoms with Crippen molar-refractivity contribution in [1.29, 1.82) is 0 Å². The van der Waals surface area contributed by atoms with Crippen LogP contribution in [0.15, 0.2) is 42.5 Å². The number of benzene rings is 2. The highest BCUT2D eigenvalue weighted by molar-refractivity contribution is 6.03. The maximum Gasteiger partial charge on any atom is 0.323 e. The number of carbonyl (C=O) groups excluding carboxylic acids is 2. The highest BCUT2D eigenvalue weighted by Gasteiger charge is 2.17. The molecule has 2 N–H and O–H groups in total. The van der Waals surface area contributed by atoms with Gasteiger partial charge in [-0.1, -0.05) is 32.3 Å². The Hall–Kier alpha value is -3.02. The van der Waals surface area contributed by atoms with Crippen LogP contribution in [0.3, 0.4) is 0 Å². The Morgan fingerprint density at radius 2 is 1.73 bits per heavy atom. The first-order chi connectivity index (χ1) is 14.6. The molecule has 0 saturated heterocycles. The van der Waals surface area contributed by atoms with Gasteiger partial charge in [0.05, 0.1) is 19.3 Å². The Balaban J connectivity index is 1.67. The third-order valence-electron chi connectivity index (χ3n) is 5.39. The molecule has 2 amide bonds. The van der Waals surface area contributed by atoms with E-state index in [1.165, 1.54) is 32.1 Å². The third kappa shape index (κ3) is 5.99. The fraction of sp³-hybridized carbons (Fsp3) is 0.417. The predicted octanol–water partition coefficient (Wildman–Crippen LogP) is 5.89. The zero-order valence-corrected chi connectivity index (χ0v) is 17.7. The van der Waals surface area contributed by atoms with Gasteiger partial charge in [0.15, 0.2) is 5.78 Å². The number of amides is 2. The zero-order valence-electron chi connectivity index (χ0n) is 17.7. The van der Waals surface area contributed by atoms with E-state index in [1.807, 2.05) is 6.92 Å². The van der Waals surface area contributed by atoms with E-state index < -0.39 is 6.03 Å². The molecule has 0 atom stereocenters. The molecule has 2 aromatic rings. The monoisotopic (exact) mass is 410 g/mol. The molecule has 1 saturated carbocycles. The molecule has 1 aliphatic rings. The number of hydrogen-bond donors (Lipinski definition) is 2. The molecule has 160 valence electrons. The highest BCUT2D eigenvalue weighted by atomic mass is 16.5. The summed E-state index contributed by atoms with van der Waals surface area (Å²) in [4.78, 5) is 24.8. The molecule has 3 rings (SSSR count). The van der Waals surface area contributed by atoms with Crippen LogP contribution in [-0.4, -0.2) is 25.5 Å². The molecular formula is C24H30N2O4. The largest absolute Gasteiger partial charge is 0.497 e.